The number of pyridine rings is 1. The van der Waals surface area contributed by atoms with Crippen LogP contribution in [-0.2, 0) is 4.79 Å². The molecule has 1 saturated heterocycles. The molecule has 2 amide bonds. The third-order valence-corrected chi connectivity index (χ3v) is 5.18. The fraction of sp³-hybridized carbons (Fsp3) is 0.381. The molecule has 2 aromatic heterocycles. The molecule has 0 bridgehead atoms. The largest absolute Gasteiger partial charge is 0.337 e. The van der Waals surface area contributed by atoms with Crippen molar-refractivity contribution in [3.05, 3.63) is 53.8 Å². The van der Waals surface area contributed by atoms with Crippen molar-refractivity contribution in [1.82, 2.24) is 24.9 Å². The zero-order chi connectivity index (χ0) is 20.4. The first-order valence-corrected chi connectivity index (χ1v) is 9.80. The number of aromatic nitrogens is 3. The Hall–Kier alpha value is -3.29. The van der Waals surface area contributed by atoms with E-state index in [0.29, 0.717) is 49.8 Å². The second kappa shape index (κ2) is 7.98. The van der Waals surface area contributed by atoms with Crippen LogP contribution in [0.25, 0.3) is 10.9 Å². The Balaban J connectivity index is 1.64. The number of benzene rings is 1. The standard InChI is InChI=1S/C21H23N5O3/c1-3-19(27)26-11-5-10-25(13-18(26)20-23-14(2)24-29-20)21(28)16-7-8-17-15(12-16)6-4-9-22-17/h4,6-9,12,18H,3,5,10-11,13H2,1-2H3. The molecule has 0 saturated carbocycles. The summed E-state index contributed by atoms with van der Waals surface area (Å²) in [5, 5.41) is 4.79. The predicted molar refractivity (Wildman–Crippen MR) is 106 cm³/mol. The lowest BCUT2D eigenvalue weighted by Crippen LogP contribution is -2.40. The van der Waals surface area contributed by atoms with E-state index in [1.807, 2.05) is 31.2 Å². The summed E-state index contributed by atoms with van der Waals surface area (Å²) in [6.45, 7) is 4.99. The van der Waals surface area contributed by atoms with Gasteiger partial charge in [0.05, 0.1) is 12.1 Å². The van der Waals surface area contributed by atoms with E-state index >= 15 is 0 Å². The van der Waals surface area contributed by atoms with Crippen LogP contribution in [0.4, 0.5) is 0 Å². The fourth-order valence-electron chi connectivity index (χ4n) is 3.72. The topological polar surface area (TPSA) is 92.4 Å². The van der Waals surface area contributed by atoms with Crippen LogP contribution in [0.2, 0.25) is 0 Å². The van der Waals surface area contributed by atoms with Crippen molar-refractivity contribution in [2.45, 2.75) is 32.7 Å². The molecule has 1 fully saturated rings. The summed E-state index contributed by atoms with van der Waals surface area (Å²) < 4.78 is 5.37. The number of carbonyl (C=O) groups is 2. The van der Waals surface area contributed by atoms with Gasteiger partial charge in [-0.2, -0.15) is 4.98 Å². The molecule has 0 spiro atoms. The maximum absolute atomic E-state index is 13.3. The van der Waals surface area contributed by atoms with E-state index in [2.05, 4.69) is 15.1 Å². The number of hydrogen-bond donors (Lipinski definition) is 0. The second-order valence-corrected chi connectivity index (χ2v) is 7.15. The van der Waals surface area contributed by atoms with Gasteiger partial charge in [-0.1, -0.05) is 18.1 Å². The summed E-state index contributed by atoms with van der Waals surface area (Å²) in [5.41, 5.74) is 1.44. The van der Waals surface area contributed by atoms with Gasteiger partial charge in [-0.25, -0.2) is 0 Å². The maximum atomic E-state index is 13.3. The van der Waals surface area contributed by atoms with Gasteiger partial charge in [-0.15, -0.1) is 0 Å². The van der Waals surface area contributed by atoms with Gasteiger partial charge < -0.3 is 14.3 Å². The van der Waals surface area contributed by atoms with E-state index in [0.717, 1.165) is 10.9 Å². The molecule has 150 valence electrons. The van der Waals surface area contributed by atoms with E-state index in [9.17, 15) is 9.59 Å². The van der Waals surface area contributed by atoms with Crippen LogP contribution in [0.15, 0.2) is 41.1 Å². The summed E-state index contributed by atoms with van der Waals surface area (Å²) in [7, 11) is 0. The number of rotatable bonds is 3. The quantitative estimate of drug-likeness (QED) is 0.679. The number of fused-ring (bicyclic) bond motifs is 1. The van der Waals surface area contributed by atoms with Crippen molar-refractivity contribution in [2.75, 3.05) is 19.6 Å². The Kier molecular flexibility index (Phi) is 5.24. The van der Waals surface area contributed by atoms with Gasteiger partial charge in [-0.05, 0) is 37.6 Å². The summed E-state index contributed by atoms with van der Waals surface area (Å²) in [6, 6.07) is 8.85. The van der Waals surface area contributed by atoms with Crippen molar-refractivity contribution >= 4 is 22.7 Å². The van der Waals surface area contributed by atoms with Crippen molar-refractivity contribution in [3.63, 3.8) is 0 Å². The average Bonchev–Trinajstić information content (AvgIpc) is 3.06. The van der Waals surface area contributed by atoms with Gasteiger partial charge in [-0.3, -0.25) is 14.6 Å². The Morgan fingerprint density at radius 1 is 1.24 bits per heavy atom. The minimum absolute atomic E-state index is 0.0110. The highest BCUT2D eigenvalue weighted by Crippen LogP contribution is 2.26. The molecule has 1 aliphatic heterocycles. The monoisotopic (exact) mass is 393 g/mol. The summed E-state index contributed by atoms with van der Waals surface area (Å²) in [6.07, 6.45) is 2.81. The number of amides is 2. The van der Waals surface area contributed by atoms with Gasteiger partial charge in [0, 0.05) is 36.7 Å². The smallest absolute Gasteiger partial charge is 0.253 e. The molecule has 1 atom stereocenters. The molecular formula is C21H23N5O3. The van der Waals surface area contributed by atoms with Crippen molar-refractivity contribution in [2.24, 2.45) is 0 Å². The molecular weight excluding hydrogens is 370 g/mol. The molecule has 0 N–H and O–H groups in total. The summed E-state index contributed by atoms with van der Waals surface area (Å²) >= 11 is 0. The van der Waals surface area contributed by atoms with Gasteiger partial charge >= 0.3 is 0 Å². The van der Waals surface area contributed by atoms with Crippen LogP contribution in [0.5, 0.6) is 0 Å². The van der Waals surface area contributed by atoms with Crippen LogP contribution >= 0.6 is 0 Å². The number of nitrogens with zero attached hydrogens (tertiary/aromatic N) is 5. The Labute approximate surface area is 168 Å². The van der Waals surface area contributed by atoms with Gasteiger partial charge in [0.2, 0.25) is 5.91 Å². The van der Waals surface area contributed by atoms with E-state index < -0.39 is 6.04 Å². The lowest BCUT2D eigenvalue weighted by molar-refractivity contribution is -0.133. The van der Waals surface area contributed by atoms with Gasteiger partial charge in [0.25, 0.3) is 11.8 Å². The molecule has 4 rings (SSSR count). The van der Waals surface area contributed by atoms with Crippen LogP contribution < -0.4 is 0 Å². The molecule has 8 nitrogen and oxygen atoms in total. The molecule has 0 aliphatic carbocycles. The third-order valence-electron chi connectivity index (χ3n) is 5.18. The first-order valence-electron chi connectivity index (χ1n) is 9.80. The predicted octanol–water partition coefficient (Wildman–Crippen LogP) is 2.75. The number of aryl methyl sites for hydroxylation is 1. The normalized spacial score (nSPS) is 17.4. The number of hydrogen-bond acceptors (Lipinski definition) is 6. The highest BCUT2D eigenvalue weighted by Gasteiger charge is 2.34. The summed E-state index contributed by atoms with van der Waals surface area (Å²) in [5.74, 6) is 0.805. The molecule has 1 aromatic carbocycles. The molecule has 1 unspecified atom stereocenters. The Morgan fingerprint density at radius 2 is 2.10 bits per heavy atom. The summed E-state index contributed by atoms with van der Waals surface area (Å²) in [4.78, 5) is 37.9. The van der Waals surface area contributed by atoms with Gasteiger partial charge in [0.1, 0.15) is 6.04 Å². The van der Waals surface area contributed by atoms with E-state index in [1.165, 1.54) is 0 Å². The first-order chi connectivity index (χ1) is 14.1. The highest BCUT2D eigenvalue weighted by molar-refractivity contribution is 5.98. The van der Waals surface area contributed by atoms with Crippen molar-refractivity contribution in [1.29, 1.82) is 0 Å². The zero-order valence-corrected chi connectivity index (χ0v) is 16.5. The van der Waals surface area contributed by atoms with Crippen molar-refractivity contribution < 1.29 is 14.1 Å². The molecule has 1 aliphatic rings. The average molecular weight is 393 g/mol. The Morgan fingerprint density at radius 3 is 2.86 bits per heavy atom. The third kappa shape index (κ3) is 3.83. The van der Waals surface area contributed by atoms with E-state index in [-0.39, 0.29) is 11.8 Å². The SMILES string of the molecule is CCC(=O)N1CCCN(C(=O)c2ccc3ncccc3c2)CC1c1nc(C)no1. The second-order valence-electron chi connectivity index (χ2n) is 7.15. The molecule has 3 aromatic rings. The van der Waals surface area contributed by atoms with Crippen LogP contribution in [-0.4, -0.2) is 56.4 Å². The minimum atomic E-state index is -0.447. The molecule has 29 heavy (non-hydrogen) atoms. The lowest BCUT2D eigenvalue weighted by atomic mass is 10.1. The van der Waals surface area contributed by atoms with E-state index in [4.69, 9.17) is 4.52 Å². The lowest BCUT2D eigenvalue weighted by Gasteiger charge is -2.29. The first kappa shape index (κ1) is 19.0. The van der Waals surface area contributed by atoms with Crippen molar-refractivity contribution in [3.8, 4) is 0 Å². The zero-order valence-electron chi connectivity index (χ0n) is 16.5. The maximum Gasteiger partial charge on any atom is 0.253 e. The molecule has 8 heteroatoms. The highest BCUT2D eigenvalue weighted by atomic mass is 16.5. The molecule has 0 radical (unpaired) electrons. The van der Waals surface area contributed by atoms with Crippen LogP contribution in [0, 0.1) is 6.92 Å². The van der Waals surface area contributed by atoms with Crippen LogP contribution in [0.1, 0.15) is 47.9 Å². The van der Waals surface area contributed by atoms with Crippen LogP contribution in [0.3, 0.4) is 0 Å². The van der Waals surface area contributed by atoms with E-state index in [1.54, 1.807) is 29.0 Å². The minimum Gasteiger partial charge on any atom is -0.337 e. The Bertz CT molecular complexity index is 1050. The molecule has 3 heterocycles. The number of carbonyl (C=O) groups excluding carboxylic acids is 2. The fourth-order valence-corrected chi connectivity index (χ4v) is 3.72. The van der Waals surface area contributed by atoms with Gasteiger partial charge in [0.15, 0.2) is 5.82 Å².